The van der Waals surface area contributed by atoms with Gasteiger partial charge in [-0.2, -0.15) is 0 Å². The molecule has 4 aromatic rings. The third kappa shape index (κ3) is 3.04. The fourth-order valence-electron chi connectivity index (χ4n) is 3.70. The average Bonchev–Trinajstić information content (AvgIpc) is 3.22. The summed E-state index contributed by atoms with van der Waals surface area (Å²) < 4.78 is 3.36. The van der Waals surface area contributed by atoms with Crippen molar-refractivity contribution in [1.29, 1.82) is 0 Å². The molecule has 2 aromatic heterocycles. The maximum absolute atomic E-state index is 12.6. The van der Waals surface area contributed by atoms with Crippen molar-refractivity contribution >= 4 is 17.0 Å². The zero-order chi connectivity index (χ0) is 20.9. The van der Waals surface area contributed by atoms with Gasteiger partial charge >= 0.3 is 11.7 Å². The van der Waals surface area contributed by atoms with E-state index >= 15 is 0 Å². The Balaban J connectivity index is 1.97. The molecule has 0 saturated heterocycles. The lowest BCUT2D eigenvalue weighted by Crippen LogP contribution is -2.23. The minimum absolute atomic E-state index is 0.0330. The number of carbonyl (C=O) groups is 1. The van der Waals surface area contributed by atoms with Crippen LogP contribution in [0.1, 0.15) is 36.1 Å². The fourth-order valence-corrected chi connectivity index (χ4v) is 3.70. The van der Waals surface area contributed by atoms with Crippen LogP contribution < -0.4 is 5.69 Å². The van der Waals surface area contributed by atoms with Gasteiger partial charge in [-0.15, -0.1) is 0 Å². The number of aromatic carboxylic acids is 1. The third-order valence-corrected chi connectivity index (χ3v) is 5.09. The number of benzene rings is 2. The van der Waals surface area contributed by atoms with Crippen molar-refractivity contribution in [3.63, 3.8) is 0 Å². The number of carboxylic acid groups (broad SMARTS) is 1. The number of aromatic amines is 1. The Kier molecular flexibility index (Phi) is 4.38. The highest BCUT2D eigenvalue weighted by atomic mass is 16.4. The molecular weight excluding hydrogens is 368 g/mol. The Bertz CT molecular complexity index is 1310. The number of hydrogen-bond acceptors (Lipinski definition) is 3. The van der Waals surface area contributed by atoms with Gasteiger partial charge in [0, 0.05) is 24.2 Å². The summed E-state index contributed by atoms with van der Waals surface area (Å²) in [5, 5.41) is 9.45. The first-order valence-corrected chi connectivity index (χ1v) is 9.39. The number of nitrogens with zero attached hydrogens (tertiary/aromatic N) is 3. The second kappa shape index (κ2) is 6.77. The molecule has 0 unspecified atom stereocenters. The summed E-state index contributed by atoms with van der Waals surface area (Å²) in [5.41, 5.74) is 5.37. The summed E-state index contributed by atoms with van der Waals surface area (Å²) in [6.45, 7) is 5.92. The Labute approximate surface area is 167 Å². The van der Waals surface area contributed by atoms with Crippen molar-refractivity contribution in [3.8, 4) is 22.5 Å². The number of carboxylic acids is 1. The first-order chi connectivity index (χ1) is 13.8. The molecule has 7 nitrogen and oxygen atoms in total. The van der Waals surface area contributed by atoms with Gasteiger partial charge in [0.1, 0.15) is 0 Å². The van der Waals surface area contributed by atoms with E-state index in [4.69, 9.17) is 0 Å². The first kappa shape index (κ1) is 18.7. The predicted octanol–water partition coefficient (Wildman–Crippen LogP) is 3.98. The fraction of sp³-hybridized carbons (Fsp3) is 0.227. The van der Waals surface area contributed by atoms with Gasteiger partial charge in [-0.25, -0.2) is 14.6 Å². The van der Waals surface area contributed by atoms with Gasteiger partial charge in [-0.05, 0) is 39.0 Å². The summed E-state index contributed by atoms with van der Waals surface area (Å²) in [6.07, 6.45) is 0. The number of rotatable bonds is 4. The molecule has 0 radical (unpaired) electrons. The van der Waals surface area contributed by atoms with Crippen molar-refractivity contribution in [2.75, 3.05) is 0 Å². The SMILES string of the molecule is Cc1cccc(-c2nc(C(=O)O)[nH]c2-c2ccc3c(c2)n(C)c(=O)n3C(C)C)c1. The van der Waals surface area contributed by atoms with E-state index in [2.05, 4.69) is 9.97 Å². The lowest BCUT2D eigenvalue weighted by Gasteiger charge is -2.08. The molecule has 0 aliphatic heterocycles. The van der Waals surface area contributed by atoms with Crippen LogP contribution in [0.25, 0.3) is 33.5 Å². The van der Waals surface area contributed by atoms with Crippen LogP contribution in [-0.4, -0.2) is 30.2 Å². The van der Waals surface area contributed by atoms with E-state index in [1.54, 1.807) is 16.2 Å². The second-order valence-corrected chi connectivity index (χ2v) is 7.49. The average molecular weight is 390 g/mol. The van der Waals surface area contributed by atoms with E-state index in [1.165, 1.54) is 0 Å². The lowest BCUT2D eigenvalue weighted by molar-refractivity contribution is 0.0685. The molecule has 0 aliphatic carbocycles. The van der Waals surface area contributed by atoms with Crippen LogP contribution in [0.15, 0.2) is 47.3 Å². The van der Waals surface area contributed by atoms with Crippen molar-refractivity contribution < 1.29 is 9.90 Å². The summed E-state index contributed by atoms with van der Waals surface area (Å²) in [6, 6.07) is 13.5. The minimum Gasteiger partial charge on any atom is -0.475 e. The molecular formula is C22H22N4O3. The number of fused-ring (bicyclic) bond motifs is 1. The predicted molar refractivity (Wildman–Crippen MR) is 112 cm³/mol. The monoisotopic (exact) mass is 390 g/mol. The van der Waals surface area contributed by atoms with E-state index in [0.29, 0.717) is 11.4 Å². The summed E-state index contributed by atoms with van der Waals surface area (Å²) in [4.78, 5) is 31.4. The normalized spacial score (nSPS) is 11.5. The van der Waals surface area contributed by atoms with Crippen molar-refractivity contribution in [3.05, 3.63) is 64.3 Å². The van der Waals surface area contributed by atoms with Gasteiger partial charge in [-0.3, -0.25) is 9.13 Å². The molecule has 2 aromatic carbocycles. The molecule has 2 N–H and O–H groups in total. The van der Waals surface area contributed by atoms with E-state index in [0.717, 1.165) is 27.7 Å². The number of nitrogens with one attached hydrogen (secondary N) is 1. The second-order valence-electron chi connectivity index (χ2n) is 7.49. The Hall–Kier alpha value is -3.61. The van der Waals surface area contributed by atoms with Crippen molar-refractivity contribution in [2.24, 2.45) is 7.05 Å². The molecule has 148 valence electrons. The maximum atomic E-state index is 12.6. The molecule has 0 amide bonds. The van der Waals surface area contributed by atoms with E-state index in [-0.39, 0.29) is 17.6 Å². The van der Waals surface area contributed by atoms with Crippen LogP contribution >= 0.6 is 0 Å². The first-order valence-electron chi connectivity index (χ1n) is 9.39. The molecule has 0 aliphatic rings. The van der Waals surface area contributed by atoms with Gasteiger partial charge in [0.2, 0.25) is 5.82 Å². The quantitative estimate of drug-likeness (QED) is 0.551. The molecule has 4 rings (SSSR count). The Morgan fingerprint density at radius 1 is 1.10 bits per heavy atom. The van der Waals surface area contributed by atoms with Crippen LogP contribution in [0.2, 0.25) is 0 Å². The number of imidazole rings is 2. The molecule has 0 spiro atoms. The molecule has 0 saturated carbocycles. The van der Waals surface area contributed by atoms with Crippen molar-refractivity contribution in [1.82, 2.24) is 19.1 Å². The molecule has 0 fully saturated rings. The zero-order valence-corrected chi connectivity index (χ0v) is 16.7. The van der Waals surface area contributed by atoms with Gasteiger partial charge in [-0.1, -0.05) is 29.8 Å². The van der Waals surface area contributed by atoms with Gasteiger partial charge in [0.25, 0.3) is 0 Å². The van der Waals surface area contributed by atoms with Crippen LogP contribution in [-0.2, 0) is 7.05 Å². The molecule has 7 heteroatoms. The number of aromatic nitrogens is 4. The van der Waals surface area contributed by atoms with E-state index < -0.39 is 5.97 Å². The smallest absolute Gasteiger partial charge is 0.371 e. The summed E-state index contributed by atoms with van der Waals surface area (Å²) >= 11 is 0. The topological polar surface area (TPSA) is 92.9 Å². The molecule has 0 bridgehead atoms. The van der Waals surface area contributed by atoms with Crippen LogP contribution in [0.3, 0.4) is 0 Å². The van der Waals surface area contributed by atoms with E-state index in [9.17, 15) is 14.7 Å². The van der Waals surface area contributed by atoms with Crippen molar-refractivity contribution in [2.45, 2.75) is 26.8 Å². The number of aryl methyl sites for hydroxylation is 2. The molecule has 29 heavy (non-hydrogen) atoms. The van der Waals surface area contributed by atoms with Gasteiger partial charge < -0.3 is 10.1 Å². The van der Waals surface area contributed by atoms with Crippen LogP contribution in [0.4, 0.5) is 0 Å². The highest BCUT2D eigenvalue weighted by Crippen LogP contribution is 2.32. The Morgan fingerprint density at radius 2 is 1.86 bits per heavy atom. The van der Waals surface area contributed by atoms with Crippen LogP contribution in [0, 0.1) is 6.92 Å². The minimum atomic E-state index is -1.12. The van der Waals surface area contributed by atoms with E-state index in [1.807, 2.05) is 63.2 Å². The zero-order valence-electron chi connectivity index (χ0n) is 16.7. The lowest BCUT2D eigenvalue weighted by atomic mass is 10.0. The highest BCUT2D eigenvalue weighted by molar-refractivity contribution is 5.90. The molecule has 2 heterocycles. The van der Waals surface area contributed by atoms with Gasteiger partial charge in [0.05, 0.1) is 22.4 Å². The maximum Gasteiger partial charge on any atom is 0.371 e. The Morgan fingerprint density at radius 3 is 2.52 bits per heavy atom. The molecule has 0 atom stereocenters. The third-order valence-electron chi connectivity index (χ3n) is 5.09. The number of H-pyrrole nitrogens is 1. The summed E-state index contributed by atoms with van der Waals surface area (Å²) in [5.74, 6) is -1.24. The largest absolute Gasteiger partial charge is 0.475 e. The van der Waals surface area contributed by atoms with Gasteiger partial charge in [0.15, 0.2) is 0 Å². The van der Waals surface area contributed by atoms with Crippen LogP contribution in [0.5, 0.6) is 0 Å². The summed E-state index contributed by atoms with van der Waals surface area (Å²) in [7, 11) is 1.74. The standard InChI is InChI=1S/C22H22N4O3/c1-12(2)26-16-9-8-15(11-17(16)25(4)22(26)29)19-18(23-20(24-19)21(27)28)14-7-5-6-13(3)10-14/h5-12H,1-4H3,(H,23,24)(H,27,28). The number of hydrogen-bond donors (Lipinski definition) is 2. The highest BCUT2D eigenvalue weighted by Gasteiger charge is 2.20.